The number of hydrogen-bond acceptors (Lipinski definition) is 3. The number of carbonyl (C=O) groups is 1. The molecule has 1 aromatic carbocycles. The minimum absolute atomic E-state index is 0.167. The number of amides is 1. The largest absolute Gasteiger partial charge is 0.312 e. The Bertz CT molecular complexity index is 723. The first-order valence-electron chi connectivity index (χ1n) is 9.32. The molecule has 4 rings (SSSR count). The maximum atomic E-state index is 13.1. The molecule has 0 saturated carbocycles. The standard InChI is InChI=1S/C21H25N3O/c25-21(24-13-3-5-18-4-1-2-6-20(18)24)19-9-14-23(15-10-19)16-17-7-11-22-12-8-17/h1-2,4,6-8,11-12,19H,3,5,9-10,13-16H2. The highest BCUT2D eigenvalue weighted by Crippen LogP contribution is 2.30. The van der Waals surface area contributed by atoms with Crippen LogP contribution in [0.15, 0.2) is 48.8 Å². The molecule has 130 valence electrons. The number of fused-ring (bicyclic) bond motifs is 1. The smallest absolute Gasteiger partial charge is 0.230 e. The van der Waals surface area contributed by atoms with Gasteiger partial charge in [0.1, 0.15) is 0 Å². The molecule has 4 nitrogen and oxygen atoms in total. The number of benzene rings is 1. The van der Waals surface area contributed by atoms with Crippen molar-refractivity contribution in [2.24, 2.45) is 5.92 Å². The summed E-state index contributed by atoms with van der Waals surface area (Å²) >= 11 is 0. The molecule has 2 aliphatic rings. The topological polar surface area (TPSA) is 36.4 Å². The molecule has 1 saturated heterocycles. The summed E-state index contributed by atoms with van der Waals surface area (Å²) in [6.07, 6.45) is 7.78. The second-order valence-corrected chi connectivity index (χ2v) is 7.13. The van der Waals surface area contributed by atoms with E-state index in [0.29, 0.717) is 5.91 Å². The molecule has 0 aliphatic carbocycles. The van der Waals surface area contributed by atoms with E-state index in [1.54, 1.807) is 0 Å². The summed E-state index contributed by atoms with van der Waals surface area (Å²) in [5.41, 5.74) is 3.75. The molecule has 2 aliphatic heterocycles. The van der Waals surface area contributed by atoms with Crippen LogP contribution in [-0.4, -0.2) is 35.4 Å². The van der Waals surface area contributed by atoms with Crippen LogP contribution < -0.4 is 4.90 Å². The molecule has 0 N–H and O–H groups in total. The zero-order valence-electron chi connectivity index (χ0n) is 14.6. The Morgan fingerprint density at radius 1 is 1.04 bits per heavy atom. The number of carbonyl (C=O) groups excluding carboxylic acids is 1. The van der Waals surface area contributed by atoms with Crippen molar-refractivity contribution in [1.29, 1.82) is 0 Å². The minimum atomic E-state index is 0.167. The maximum absolute atomic E-state index is 13.1. The molecular weight excluding hydrogens is 310 g/mol. The summed E-state index contributed by atoms with van der Waals surface area (Å²) in [6.45, 7) is 3.81. The van der Waals surface area contributed by atoms with Crippen molar-refractivity contribution in [3.63, 3.8) is 0 Å². The van der Waals surface area contributed by atoms with E-state index >= 15 is 0 Å². The van der Waals surface area contributed by atoms with Crippen molar-refractivity contribution in [3.05, 3.63) is 59.9 Å². The summed E-state index contributed by atoms with van der Waals surface area (Å²) in [5, 5.41) is 0. The average molecular weight is 335 g/mol. The van der Waals surface area contributed by atoms with E-state index in [9.17, 15) is 4.79 Å². The first kappa shape index (κ1) is 16.3. The van der Waals surface area contributed by atoms with Crippen LogP contribution in [0.5, 0.6) is 0 Å². The number of pyridine rings is 1. The van der Waals surface area contributed by atoms with E-state index in [0.717, 1.165) is 57.5 Å². The van der Waals surface area contributed by atoms with Crippen LogP contribution in [0.1, 0.15) is 30.4 Å². The molecule has 2 aromatic rings. The van der Waals surface area contributed by atoms with E-state index < -0.39 is 0 Å². The highest BCUT2D eigenvalue weighted by molar-refractivity contribution is 5.96. The van der Waals surface area contributed by atoms with Crippen molar-refractivity contribution in [1.82, 2.24) is 9.88 Å². The van der Waals surface area contributed by atoms with Gasteiger partial charge in [0.25, 0.3) is 0 Å². The van der Waals surface area contributed by atoms with Gasteiger partial charge in [0, 0.05) is 37.1 Å². The number of para-hydroxylation sites is 1. The van der Waals surface area contributed by atoms with Crippen molar-refractivity contribution < 1.29 is 4.79 Å². The van der Waals surface area contributed by atoms with Gasteiger partial charge in [-0.1, -0.05) is 18.2 Å². The molecule has 0 spiro atoms. The van der Waals surface area contributed by atoms with Crippen LogP contribution in [0.3, 0.4) is 0 Å². The number of likely N-dealkylation sites (tertiary alicyclic amines) is 1. The first-order chi connectivity index (χ1) is 12.3. The van der Waals surface area contributed by atoms with Crippen LogP contribution in [0, 0.1) is 5.92 Å². The number of rotatable bonds is 3. The Labute approximate surface area is 149 Å². The molecule has 0 unspecified atom stereocenters. The quantitative estimate of drug-likeness (QED) is 0.864. The van der Waals surface area contributed by atoms with Gasteiger partial charge in [-0.3, -0.25) is 14.7 Å². The molecule has 0 radical (unpaired) electrons. The third-order valence-electron chi connectivity index (χ3n) is 5.47. The van der Waals surface area contributed by atoms with Gasteiger partial charge in [-0.25, -0.2) is 0 Å². The summed E-state index contributed by atoms with van der Waals surface area (Å²) < 4.78 is 0. The molecule has 1 aromatic heterocycles. The summed E-state index contributed by atoms with van der Waals surface area (Å²) in [6, 6.07) is 12.5. The Balaban J connectivity index is 1.37. The number of hydrogen-bond donors (Lipinski definition) is 0. The predicted octanol–water partition coefficient (Wildman–Crippen LogP) is 3.27. The van der Waals surface area contributed by atoms with Crippen molar-refractivity contribution >= 4 is 11.6 Å². The van der Waals surface area contributed by atoms with Crippen molar-refractivity contribution in [2.45, 2.75) is 32.2 Å². The van der Waals surface area contributed by atoms with E-state index in [4.69, 9.17) is 0 Å². The third-order valence-corrected chi connectivity index (χ3v) is 5.47. The van der Waals surface area contributed by atoms with E-state index in [2.05, 4.69) is 40.2 Å². The molecule has 25 heavy (non-hydrogen) atoms. The molecule has 1 fully saturated rings. The number of aromatic nitrogens is 1. The lowest BCUT2D eigenvalue weighted by Crippen LogP contribution is -2.44. The van der Waals surface area contributed by atoms with Gasteiger partial charge >= 0.3 is 0 Å². The SMILES string of the molecule is O=C(C1CCN(Cc2ccncc2)CC1)N1CCCc2ccccc21. The van der Waals surface area contributed by atoms with Crippen molar-refractivity contribution in [3.8, 4) is 0 Å². The highest BCUT2D eigenvalue weighted by Gasteiger charge is 2.31. The van der Waals surface area contributed by atoms with Gasteiger partial charge < -0.3 is 4.90 Å². The van der Waals surface area contributed by atoms with Crippen LogP contribution in [0.25, 0.3) is 0 Å². The molecule has 0 atom stereocenters. The van der Waals surface area contributed by atoms with Crippen LogP contribution in [0.4, 0.5) is 5.69 Å². The predicted molar refractivity (Wildman–Crippen MR) is 99.4 cm³/mol. The molecule has 3 heterocycles. The normalized spacial score (nSPS) is 18.8. The van der Waals surface area contributed by atoms with Gasteiger partial charge in [0.2, 0.25) is 5.91 Å². The monoisotopic (exact) mass is 335 g/mol. The summed E-state index contributed by atoms with van der Waals surface area (Å²) in [7, 11) is 0. The lowest BCUT2D eigenvalue weighted by Gasteiger charge is -2.36. The number of aryl methyl sites for hydroxylation is 1. The Kier molecular flexibility index (Phi) is 4.79. The number of nitrogens with zero attached hydrogens (tertiary/aromatic N) is 3. The average Bonchev–Trinajstić information content (AvgIpc) is 2.68. The zero-order valence-corrected chi connectivity index (χ0v) is 14.6. The lowest BCUT2D eigenvalue weighted by atomic mass is 9.93. The zero-order chi connectivity index (χ0) is 17.1. The van der Waals surface area contributed by atoms with Crippen molar-refractivity contribution in [2.75, 3.05) is 24.5 Å². The molecular formula is C21H25N3O. The first-order valence-corrected chi connectivity index (χ1v) is 9.32. The lowest BCUT2D eigenvalue weighted by molar-refractivity contribution is -0.123. The molecule has 1 amide bonds. The minimum Gasteiger partial charge on any atom is -0.312 e. The van der Waals surface area contributed by atoms with Gasteiger partial charge in [0.05, 0.1) is 0 Å². The Morgan fingerprint density at radius 3 is 2.60 bits per heavy atom. The second kappa shape index (κ2) is 7.36. The number of piperidine rings is 1. The summed E-state index contributed by atoms with van der Waals surface area (Å²) in [4.78, 5) is 21.6. The van der Waals surface area contributed by atoms with E-state index in [1.807, 2.05) is 23.4 Å². The van der Waals surface area contributed by atoms with Crippen LogP contribution >= 0.6 is 0 Å². The molecule has 4 heteroatoms. The Hall–Kier alpha value is -2.20. The van der Waals surface area contributed by atoms with Gasteiger partial charge in [-0.15, -0.1) is 0 Å². The third kappa shape index (κ3) is 3.59. The fourth-order valence-electron chi connectivity index (χ4n) is 4.07. The maximum Gasteiger partial charge on any atom is 0.230 e. The Morgan fingerprint density at radius 2 is 1.80 bits per heavy atom. The number of anilines is 1. The molecule has 0 bridgehead atoms. The van der Waals surface area contributed by atoms with Crippen LogP contribution in [-0.2, 0) is 17.8 Å². The fraction of sp³-hybridized carbons (Fsp3) is 0.429. The van der Waals surface area contributed by atoms with Gasteiger partial charge in [0.15, 0.2) is 0 Å². The van der Waals surface area contributed by atoms with Crippen LogP contribution in [0.2, 0.25) is 0 Å². The second-order valence-electron chi connectivity index (χ2n) is 7.13. The fourth-order valence-corrected chi connectivity index (χ4v) is 4.07. The van der Waals surface area contributed by atoms with Gasteiger partial charge in [-0.2, -0.15) is 0 Å². The van der Waals surface area contributed by atoms with E-state index in [-0.39, 0.29) is 5.92 Å². The highest BCUT2D eigenvalue weighted by atomic mass is 16.2. The van der Waals surface area contributed by atoms with Gasteiger partial charge in [-0.05, 0) is 68.1 Å². The summed E-state index contributed by atoms with van der Waals surface area (Å²) in [5.74, 6) is 0.496. The van der Waals surface area contributed by atoms with E-state index in [1.165, 1.54) is 11.1 Å².